The summed E-state index contributed by atoms with van der Waals surface area (Å²) in [5, 5.41) is 29.8. The van der Waals surface area contributed by atoms with Crippen LogP contribution in [0.25, 0.3) is 10.9 Å². The van der Waals surface area contributed by atoms with Crippen molar-refractivity contribution < 1.29 is 20.1 Å². The highest BCUT2D eigenvalue weighted by atomic mass is 16.6. The van der Waals surface area contributed by atoms with Crippen molar-refractivity contribution in [2.75, 3.05) is 6.61 Å². The number of aromatic nitrogens is 1. The third-order valence-corrected chi connectivity index (χ3v) is 3.42. The van der Waals surface area contributed by atoms with Gasteiger partial charge < -0.3 is 24.6 Å². The van der Waals surface area contributed by atoms with Gasteiger partial charge in [-0.3, -0.25) is 0 Å². The molecule has 1 unspecified atom stereocenters. The number of aliphatic hydroxyl groups is 3. The monoisotopic (exact) mass is 249 g/mol. The maximum Gasteiger partial charge on any atom is 0.163 e. The fourth-order valence-corrected chi connectivity index (χ4v) is 2.44. The Hall–Kier alpha value is -1.40. The second-order valence-corrected chi connectivity index (χ2v) is 4.51. The van der Waals surface area contributed by atoms with Gasteiger partial charge in [-0.05, 0) is 17.5 Å². The van der Waals surface area contributed by atoms with Gasteiger partial charge in [0.25, 0.3) is 0 Å². The molecule has 5 nitrogen and oxygen atoms in total. The number of fused-ring (bicyclic) bond motifs is 1. The largest absolute Gasteiger partial charge is 0.394 e. The molecule has 0 saturated carbocycles. The Morgan fingerprint density at radius 3 is 2.61 bits per heavy atom. The maximum absolute atomic E-state index is 9.98. The summed E-state index contributed by atoms with van der Waals surface area (Å²) >= 11 is 0. The molecule has 1 saturated heterocycles. The van der Waals surface area contributed by atoms with Crippen LogP contribution < -0.4 is 0 Å². The molecule has 2 aromatic rings. The zero-order valence-corrected chi connectivity index (χ0v) is 9.68. The summed E-state index contributed by atoms with van der Waals surface area (Å²) in [6.45, 7) is -0.312. The van der Waals surface area contributed by atoms with Gasteiger partial charge in [-0.2, -0.15) is 0 Å². The SMILES string of the molecule is OC[C@H]1OC(n2ccc3ccccc32)[C@H](O)[C@@H]1O. The van der Waals surface area contributed by atoms with Crippen LogP contribution in [0.1, 0.15) is 6.23 Å². The molecule has 0 bridgehead atoms. The standard InChI is InChI=1S/C13H15NO4/c15-7-10-11(16)12(17)13(18-10)14-6-5-8-3-1-2-4-9(8)14/h1-6,10-13,15-17H,7H2/t10-,11-,12-,13?/m1/s1. The molecule has 1 fully saturated rings. The van der Waals surface area contributed by atoms with E-state index in [0.29, 0.717) is 0 Å². The van der Waals surface area contributed by atoms with E-state index in [4.69, 9.17) is 9.84 Å². The second kappa shape index (κ2) is 4.37. The smallest absolute Gasteiger partial charge is 0.163 e. The van der Waals surface area contributed by atoms with Crippen molar-refractivity contribution in [3.63, 3.8) is 0 Å². The lowest BCUT2D eigenvalue weighted by Gasteiger charge is -2.17. The minimum absolute atomic E-state index is 0.312. The summed E-state index contributed by atoms with van der Waals surface area (Å²) in [6, 6.07) is 9.64. The van der Waals surface area contributed by atoms with Crippen molar-refractivity contribution in [2.24, 2.45) is 0 Å². The van der Waals surface area contributed by atoms with Gasteiger partial charge in [0.2, 0.25) is 0 Å². The first-order chi connectivity index (χ1) is 8.72. The van der Waals surface area contributed by atoms with Crippen LogP contribution >= 0.6 is 0 Å². The van der Waals surface area contributed by atoms with E-state index in [1.165, 1.54) is 0 Å². The van der Waals surface area contributed by atoms with Crippen LogP contribution in [0.15, 0.2) is 36.5 Å². The average Bonchev–Trinajstić information content (AvgIpc) is 2.93. The van der Waals surface area contributed by atoms with E-state index < -0.39 is 24.5 Å². The van der Waals surface area contributed by atoms with Crippen LogP contribution in [0.4, 0.5) is 0 Å². The quantitative estimate of drug-likeness (QED) is 0.713. The van der Waals surface area contributed by atoms with Gasteiger partial charge in [0.05, 0.1) is 12.1 Å². The lowest BCUT2D eigenvalue weighted by Crippen LogP contribution is -2.33. The molecule has 0 aliphatic carbocycles. The van der Waals surface area contributed by atoms with Gasteiger partial charge in [0.15, 0.2) is 6.23 Å². The van der Waals surface area contributed by atoms with E-state index in [1.54, 1.807) is 4.57 Å². The van der Waals surface area contributed by atoms with E-state index >= 15 is 0 Å². The third-order valence-electron chi connectivity index (χ3n) is 3.42. The van der Waals surface area contributed by atoms with Crippen LogP contribution in [0.5, 0.6) is 0 Å². The van der Waals surface area contributed by atoms with Gasteiger partial charge in [-0.1, -0.05) is 18.2 Å². The minimum Gasteiger partial charge on any atom is -0.394 e. The first-order valence-corrected chi connectivity index (χ1v) is 5.90. The highest BCUT2D eigenvalue weighted by Gasteiger charge is 2.43. The molecule has 18 heavy (non-hydrogen) atoms. The Labute approximate surface area is 104 Å². The second-order valence-electron chi connectivity index (χ2n) is 4.51. The minimum atomic E-state index is -1.07. The molecule has 0 spiro atoms. The van der Waals surface area contributed by atoms with E-state index in [0.717, 1.165) is 10.9 Å². The molecule has 1 aliphatic heterocycles. The lowest BCUT2D eigenvalue weighted by atomic mass is 10.1. The molecule has 0 amide bonds. The normalized spacial score (nSPS) is 32.2. The van der Waals surface area contributed by atoms with Crippen LogP contribution in [-0.2, 0) is 4.74 Å². The zero-order chi connectivity index (χ0) is 12.7. The molecule has 1 aliphatic rings. The van der Waals surface area contributed by atoms with E-state index in [9.17, 15) is 10.2 Å². The summed E-state index contributed by atoms with van der Waals surface area (Å²) in [7, 11) is 0. The molecule has 96 valence electrons. The Morgan fingerprint density at radius 2 is 1.89 bits per heavy atom. The van der Waals surface area contributed by atoms with Crippen molar-refractivity contribution in [1.29, 1.82) is 0 Å². The summed E-state index contributed by atoms with van der Waals surface area (Å²) in [6.07, 6.45) is -1.72. The molecular weight excluding hydrogens is 234 g/mol. The number of hydrogen-bond donors (Lipinski definition) is 3. The molecule has 0 radical (unpaired) electrons. The molecule has 3 N–H and O–H groups in total. The number of hydrogen-bond acceptors (Lipinski definition) is 4. The first-order valence-electron chi connectivity index (χ1n) is 5.90. The van der Waals surface area contributed by atoms with Gasteiger partial charge >= 0.3 is 0 Å². The maximum atomic E-state index is 9.98. The van der Waals surface area contributed by atoms with Crippen LogP contribution in [0, 0.1) is 0 Å². The van der Waals surface area contributed by atoms with Crippen molar-refractivity contribution in [2.45, 2.75) is 24.5 Å². The third kappa shape index (κ3) is 1.64. The molecule has 3 rings (SSSR count). The molecule has 2 heterocycles. The van der Waals surface area contributed by atoms with Crippen LogP contribution in [0.2, 0.25) is 0 Å². The van der Waals surface area contributed by atoms with E-state index in [-0.39, 0.29) is 6.61 Å². The lowest BCUT2D eigenvalue weighted by molar-refractivity contribution is -0.0506. The van der Waals surface area contributed by atoms with Gasteiger partial charge in [0.1, 0.15) is 18.3 Å². The summed E-state index contributed by atoms with van der Waals surface area (Å²) in [5.41, 5.74) is 0.923. The average molecular weight is 249 g/mol. The van der Waals surface area contributed by atoms with Crippen LogP contribution in [-0.4, -0.2) is 44.8 Å². The Morgan fingerprint density at radius 1 is 1.11 bits per heavy atom. The number of nitrogens with zero attached hydrogens (tertiary/aromatic N) is 1. The predicted octanol–water partition coefficient (Wildman–Crippen LogP) is 0.253. The molecule has 1 aromatic carbocycles. The molecule has 5 heteroatoms. The van der Waals surface area contributed by atoms with Gasteiger partial charge in [-0.15, -0.1) is 0 Å². The fraction of sp³-hybridized carbons (Fsp3) is 0.385. The van der Waals surface area contributed by atoms with Gasteiger partial charge in [0, 0.05) is 6.20 Å². The molecule has 1 aromatic heterocycles. The van der Waals surface area contributed by atoms with Crippen molar-refractivity contribution in [1.82, 2.24) is 4.57 Å². The van der Waals surface area contributed by atoms with Crippen molar-refractivity contribution in [3.8, 4) is 0 Å². The Bertz CT molecular complexity index is 553. The van der Waals surface area contributed by atoms with E-state index in [2.05, 4.69) is 0 Å². The summed E-state index contributed by atoms with van der Waals surface area (Å²) < 4.78 is 7.28. The van der Waals surface area contributed by atoms with E-state index in [1.807, 2.05) is 36.5 Å². The number of ether oxygens (including phenoxy) is 1. The highest BCUT2D eigenvalue weighted by molar-refractivity contribution is 5.80. The van der Waals surface area contributed by atoms with Crippen molar-refractivity contribution >= 4 is 10.9 Å². The Kier molecular flexibility index (Phi) is 2.83. The molecular formula is C13H15NO4. The first kappa shape index (κ1) is 11.7. The number of rotatable bonds is 2. The van der Waals surface area contributed by atoms with Gasteiger partial charge in [-0.25, -0.2) is 0 Å². The number of para-hydroxylation sites is 1. The zero-order valence-electron chi connectivity index (χ0n) is 9.68. The topological polar surface area (TPSA) is 74.9 Å². The summed E-state index contributed by atoms with van der Waals surface area (Å²) in [4.78, 5) is 0. The van der Waals surface area contributed by atoms with Crippen LogP contribution in [0.3, 0.4) is 0 Å². The fourth-order valence-electron chi connectivity index (χ4n) is 2.44. The highest BCUT2D eigenvalue weighted by Crippen LogP contribution is 2.32. The number of benzene rings is 1. The predicted molar refractivity (Wildman–Crippen MR) is 64.9 cm³/mol. The van der Waals surface area contributed by atoms with Crippen molar-refractivity contribution in [3.05, 3.63) is 36.5 Å². The molecule has 4 atom stereocenters. The Balaban J connectivity index is 2.00. The number of aliphatic hydroxyl groups excluding tert-OH is 3. The summed E-state index contributed by atoms with van der Waals surface area (Å²) in [5.74, 6) is 0.